The SMILES string of the molecule is CC(C)OC(=O)C(O)(C(=O)OC(C)C)c1c(-c2ccccc2NC(=O)c2ccccc2)n(C)c2ccccc12. The van der Waals surface area contributed by atoms with Crippen molar-refractivity contribution in [3.63, 3.8) is 0 Å². The number of carbonyl (C=O) groups excluding carboxylic acids is 3. The average Bonchev–Trinajstić information content (AvgIpc) is 3.20. The molecule has 4 aromatic rings. The van der Waals surface area contributed by atoms with Crippen molar-refractivity contribution in [3.8, 4) is 11.3 Å². The molecule has 0 fully saturated rings. The zero-order chi connectivity index (χ0) is 28.3. The second-order valence-corrected chi connectivity index (χ2v) is 9.78. The maximum atomic E-state index is 13.5. The van der Waals surface area contributed by atoms with Gasteiger partial charge < -0.3 is 24.5 Å². The molecule has 3 aromatic carbocycles. The number of benzene rings is 3. The van der Waals surface area contributed by atoms with Gasteiger partial charge in [0.05, 0.1) is 23.6 Å². The smallest absolute Gasteiger partial charge is 0.355 e. The van der Waals surface area contributed by atoms with Crippen LogP contribution in [-0.2, 0) is 31.7 Å². The van der Waals surface area contributed by atoms with Gasteiger partial charge in [0, 0.05) is 34.6 Å². The normalized spacial score (nSPS) is 11.6. The van der Waals surface area contributed by atoms with Crippen molar-refractivity contribution in [1.82, 2.24) is 4.57 Å². The van der Waals surface area contributed by atoms with Crippen molar-refractivity contribution in [3.05, 3.63) is 90.0 Å². The highest BCUT2D eigenvalue weighted by atomic mass is 16.6. The molecule has 0 aliphatic carbocycles. The van der Waals surface area contributed by atoms with E-state index in [0.29, 0.717) is 33.4 Å². The molecular weight excluding hydrogens is 496 g/mol. The lowest BCUT2D eigenvalue weighted by molar-refractivity contribution is -0.189. The van der Waals surface area contributed by atoms with E-state index in [2.05, 4.69) is 5.32 Å². The molecule has 1 aromatic heterocycles. The number of hydrogen-bond donors (Lipinski definition) is 2. The molecule has 0 saturated heterocycles. The van der Waals surface area contributed by atoms with Crippen molar-refractivity contribution >= 4 is 34.4 Å². The first-order valence-electron chi connectivity index (χ1n) is 12.7. The number of esters is 2. The van der Waals surface area contributed by atoms with Crippen LogP contribution >= 0.6 is 0 Å². The minimum Gasteiger partial charge on any atom is -0.460 e. The van der Waals surface area contributed by atoms with Gasteiger partial charge in [-0.05, 0) is 52.0 Å². The zero-order valence-corrected chi connectivity index (χ0v) is 22.6. The summed E-state index contributed by atoms with van der Waals surface area (Å²) in [5.74, 6) is -2.63. The Morgan fingerprint density at radius 2 is 1.33 bits per heavy atom. The second-order valence-electron chi connectivity index (χ2n) is 9.78. The Labute approximate surface area is 227 Å². The summed E-state index contributed by atoms with van der Waals surface area (Å²) >= 11 is 0. The summed E-state index contributed by atoms with van der Waals surface area (Å²) in [4.78, 5) is 40.1. The molecule has 4 rings (SSSR count). The van der Waals surface area contributed by atoms with E-state index in [9.17, 15) is 19.5 Å². The summed E-state index contributed by atoms with van der Waals surface area (Å²) in [6.45, 7) is 6.52. The van der Waals surface area contributed by atoms with Gasteiger partial charge in [0.15, 0.2) is 0 Å². The summed E-state index contributed by atoms with van der Waals surface area (Å²) in [5.41, 5.74) is -0.399. The van der Waals surface area contributed by atoms with Crippen molar-refractivity contribution < 1.29 is 29.0 Å². The minimum absolute atomic E-state index is 0.0123. The number of nitrogens with zero attached hydrogens (tertiary/aromatic N) is 1. The number of aliphatic hydroxyl groups is 1. The summed E-state index contributed by atoms with van der Waals surface area (Å²) in [6.07, 6.45) is -1.21. The number of amides is 1. The summed E-state index contributed by atoms with van der Waals surface area (Å²) in [6, 6.07) is 22.8. The maximum absolute atomic E-state index is 13.5. The first-order valence-corrected chi connectivity index (χ1v) is 12.7. The third-order valence-corrected chi connectivity index (χ3v) is 6.21. The quantitative estimate of drug-likeness (QED) is 0.241. The van der Waals surface area contributed by atoms with Crippen molar-refractivity contribution in [2.45, 2.75) is 45.5 Å². The highest BCUT2D eigenvalue weighted by molar-refractivity contribution is 6.12. The van der Waals surface area contributed by atoms with E-state index in [4.69, 9.17) is 9.47 Å². The van der Waals surface area contributed by atoms with E-state index < -0.39 is 29.7 Å². The van der Waals surface area contributed by atoms with Gasteiger partial charge in [0.25, 0.3) is 11.5 Å². The molecular formula is C31H32N2O6. The largest absolute Gasteiger partial charge is 0.460 e. The van der Waals surface area contributed by atoms with Crippen molar-refractivity contribution in [2.24, 2.45) is 7.05 Å². The number of nitrogens with one attached hydrogen (secondary N) is 1. The average molecular weight is 529 g/mol. The number of rotatable bonds is 8. The van der Waals surface area contributed by atoms with Gasteiger partial charge in [0.1, 0.15) is 0 Å². The van der Waals surface area contributed by atoms with Gasteiger partial charge in [-0.25, -0.2) is 9.59 Å². The van der Waals surface area contributed by atoms with Crippen LogP contribution in [-0.4, -0.2) is 39.7 Å². The Hall–Kier alpha value is -4.43. The van der Waals surface area contributed by atoms with E-state index >= 15 is 0 Å². The summed E-state index contributed by atoms with van der Waals surface area (Å²) < 4.78 is 12.6. The molecule has 0 bridgehead atoms. The molecule has 39 heavy (non-hydrogen) atoms. The van der Waals surface area contributed by atoms with Crippen LogP contribution < -0.4 is 5.32 Å². The minimum atomic E-state index is -2.79. The predicted molar refractivity (Wildman–Crippen MR) is 149 cm³/mol. The molecule has 8 heteroatoms. The van der Waals surface area contributed by atoms with Gasteiger partial charge in [-0.2, -0.15) is 0 Å². The third kappa shape index (κ3) is 5.28. The van der Waals surface area contributed by atoms with Crippen molar-refractivity contribution in [1.29, 1.82) is 0 Å². The Morgan fingerprint density at radius 3 is 1.95 bits per heavy atom. The van der Waals surface area contributed by atoms with Gasteiger partial charge in [-0.15, -0.1) is 0 Å². The first kappa shape index (κ1) is 27.6. The summed E-state index contributed by atoms with van der Waals surface area (Å²) in [7, 11) is 1.76. The molecule has 0 unspecified atom stereocenters. The number of anilines is 1. The fourth-order valence-electron chi connectivity index (χ4n) is 4.54. The predicted octanol–water partition coefficient (Wildman–Crippen LogP) is 5.19. The van der Waals surface area contributed by atoms with Crippen LogP contribution in [0.3, 0.4) is 0 Å². The molecule has 2 N–H and O–H groups in total. The van der Waals surface area contributed by atoms with Gasteiger partial charge in [0.2, 0.25) is 0 Å². The Bertz CT molecular complexity index is 1500. The maximum Gasteiger partial charge on any atom is 0.355 e. The fraction of sp³-hybridized carbons (Fsp3) is 0.258. The molecule has 0 radical (unpaired) electrons. The molecule has 8 nitrogen and oxygen atoms in total. The lowest BCUT2D eigenvalue weighted by Gasteiger charge is -2.28. The molecule has 0 aliphatic heterocycles. The van der Waals surface area contributed by atoms with E-state index in [1.165, 1.54) is 0 Å². The highest BCUT2D eigenvalue weighted by Gasteiger charge is 2.53. The van der Waals surface area contributed by atoms with E-state index in [1.807, 2.05) is 18.2 Å². The lowest BCUT2D eigenvalue weighted by atomic mass is 9.88. The molecule has 202 valence electrons. The molecule has 1 amide bonds. The van der Waals surface area contributed by atoms with Crippen LogP contribution in [0.2, 0.25) is 0 Å². The Kier molecular flexibility index (Phi) is 7.88. The number of hydrogen-bond acceptors (Lipinski definition) is 6. The third-order valence-electron chi connectivity index (χ3n) is 6.21. The van der Waals surface area contributed by atoms with Crippen LogP contribution in [0, 0.1) is 0 Å². The van der Waals surface area contributed by atoms with E-state index in [0.717, 1.165) is 0 Å². The second kappa shape index (κ2) is 11.1. The molecule has 0 atom stereocenters. The van der Waals surface area contributed by atoms with Crippen molar-refractivity contribution in [2.75, 3.05) is 5.32 Å². The standard InChI is InChI=1S/C31H32N2O6/c1-19(2)38-29(35)31(37,30(36)39-20(3)4)26-23-16-10-12-18-25(23)33(5)27(26)22-15-9-11-17-24(22)32-28(34)21-13-7-6-8-14-21/h6-20,37H,1-5H3,(H,32,34). The number of fused-ring (bicyclic) bond motifs is 1. The summed E-state index contributed by atoms with van der Waals surface area (Å²) in [5, 5.41) is 15.5. The number of ether oxygens (including phenoxy) is 2. The van der Waals surface area contributed by atoms with Crippen LogP contribution in [0.4, 0.5) is 5.69 Å². The van der Waals surface area contributed by atoms with Crippen LogP contribution in [0.25, 0.3) is 22.2 Å². The first-order chi connectivity index (χ1) is 18.6. The Morgan fingerprint density at radius 1 is 0.795 bits per heavy atom. The fourth-order valence-corrected chi connectivity index (χ4v) is 4.54. The van der Waals surface area contributed by atoms with Crippen LogP contribution in [0.1, 0.15) is 43.6 Å². The molecule has 0 aliphatic rings. The van der Waals surface area contributed by atoms with Crippen LogP contribution in [0.5, 0.6) is 0 Å². The lowest BCUT2D eigenvalue weighted by Crippen LogP contribution is -2.47. The number of para-hydroxylation sites is 2. The van der Waals surface area contributed by atoms with Gasteiger partial charge >= 0.3 is 11.9 Å². The van der Waals surface area contributed by atoms with E-state index in [1.54, 1.807) is 100.0 Å². The molecule has 0 saturated carbocycles. The van der Waals surface area contributed by atoms with E-state index in [-0.39, 0.29) is 11.5 Å². The zero-order valence-electron chi connectivity index (χ0n) is 22.6. The number of aryl methyl sites for hydroxylation is 1. The Balaban J connectivity index is 2.00. The number of aromatic nitrogens is 1. The molecule has 1 heterocycles. The monoisotopic (exact) mass is 528 g/mol. The van der Waals surface area contributed by atoms with Gasteiger partial charge in [-0.1, -0.05) is 54.6 Å². The highest BCUT2D eigenvalue weighted by Crippen LogP contribution is 2.43. The van der Waals surface area contributed by atoms with Gasteiger partial charge in [-0.3, -0.25) is 4.79 Å². The number of carbonyl (C=O) groups is 3. The van der Waals surface area contributed by atoms with Crippen LogP contribution in [0.15, 0.2) is 78.9 Å². The topological polar surface area (TPSA) is 107 Å². The molecule has 0 spiro atoms.